The van der Waals surface area contributed by atoms with Crippen molar-refractivity contribution in [2.75, 3.05) is 31.6 Å². The molecule has 3 rings (SSSR count). The Morgan fingerprint density at radius 1 is 1.07 bits per heavy atom. The van der Waals surface area contributed by atoms with Crippen LogP contribution in [0.5, 0.6) is 0 Å². The van der Waals surface area contributed by atoms with Crippen LogP contribution in [0.3, 0.4) is 0 Å². The lowest BCUT2D eigenvalue weighted by atomic mass is 10.3. The zero-order chi connectivity index (χ0) is 20.2. The van der Waals surface area contributed by atoms with Gasteiger partial charge in [0.1, 0.15) is 0 Å². The van der Waals surface area contributed by atoms with Gasteiger partial charge in [0.25, 0.3) is 0 Å². The Labute approximate surface area is 181 Å². The third kappa shape index (κ3) is 4.74. The second kappa shape index (κ2) is 9.19. The molecule has 1 fully saturated rings. The molecule has 1 aliphatic rings. The van der Waals surface area contributed by atoms with Crippen molar-refractivity contribution in [3.8, 4) is 0 Å². The van der Waals surface area contributed by atoms with E-state index in [2.05, 4.69) is 77.0 Å². The van der Waals surface area contributed by atoms with Crippen molar-refractivity contribution in [2.24, 2.45) is 4.74 Å². The maximum Gasteiger partial charge on any atom is 0.197 e. The second-order valence-corrected chi connectivity index (χ2v) is 12.8. The van der Waals surface area contributed by atoms with Gasteiger partial charge in [-0.05, 0) is 36.5 Å². The van der Waals surface area contributed by atoms with Gasteiger partial charge >= 0.3 is 0 Å². The molecule has 0 amide bonds. The predicted molar refractivity (Wildman–Crippen MR) is 128 cm³/mol. The van der Waals surface area contributed by atoms with Gasteiger partial charge in [-0.2, -0.15) is 0 Å². The SMILES string of the molecule is CC(C)(C)[P@@](=NC(=S)Nc1ccc(Br)cc1)(c1ccccc1)N1CCOCC1. The highest BCUT2D eigenvalue weighted by atomic mass is 79.9. The third-order valence-corrected chi connectivity index (χ3v) is 10.2. The lowest BCUT2D eigenvalue weighted by molar-refractivity contribution is 0.0738. The quantitative estimate of drug-likeness (QED) is 0.451. The molecular formula is C21H27BrN3OPS. The fourth-order valence-corrected chi connectivity index (χ4v) is 8.41. The summed E-state index contributed by atoms with van der Waals surface area (Å²) in [4.78, 5) is 0. The number of morpholine rings is 1. The van der Waals surface area contributed by atoms with E-state index in [-0.39, 0.29) is 5.16 Å². The van der Waals surface area contributed by atoms with Crippen LogP contribution in [0, 0.1) is 0 Å². The number of benzene rings is 2. The van der Waals surface area contributed by atoms with Gasteiger partial charge in [-0.25, -0.2) is 4.74 Å². The number of hydrogen-bond donors (Lipinski definition) is 1. The first-order chi connectivity index (χ1) is 13.3. The van der Waals surface area contributed by atoms with E-state index in [0.29, 0.717) is 5.11 Å². The minimum absolute atomic E-state index is 0.0723. The first kappa shape index (κ1) is 21.7. The van der Waals surface area contributed by atoms with Crippen LogP contribution in [-0.2, 0) is 4.74 Å². The van der Waals surface area contributed by atoms with Gasteiger partial charge < -0.3 is 10.1 Å². The van der Waals surface area contributed by atoms with Crippen LogP contribution in [0.25, 0.3) is 0 Å². The number of anilines is 1. The smallest absolute Gasteiger partial charge is 0.197 e. The van der Waals surface area contributed by atoms with Crippen LogP contribution >= 0.6 is 35.4 Å². The molecule has 7 heteroatoms. The highest BCUT2D eigenvalue weighted by molar-refractivity contribution is 9.10. The van der Waals surface area contributed by atoms with Gasteiger partial charge in [0.05, 0.1) is 20.4 Å². The van der Waals surface area contributed by atoms with E-state index in [1.807, 2.05) is 24.3 Å². The van der Waals surface area contributed by atoms with Crippen LogP contribution in [-0.4, -0.2) is 41.2 Å². The molecule has 150 valence electrons. The van der Waals surface area contributed by atoms with Crippen LogP contribution < -0.4 is 10.6 Å². The number of hydrogen-bond acceptors (Lipinski definition) is 2. The maximum absolute atomic E-state index is 5.74. The summed E-state index contributed by atoms with van der Waals surface area (Å²) in [6.45, 7) is 10.0. The summed E-state index contributed by atoms with van der Waals surface area (Å²) in [5.74, 6) is 0. The average Bonchev–Trinajstić information content (AvgIpc) is 2.68. The van der Waals surface area contributed by atoms with E-state index < -0.39 is 7.21 Å². The first-order valence-electron chi connectivity index (χ1n) is 9.41. The predicted octanol–water partition coefficient (Wildman–Crippen LogP) is 5.72. The Morgan fingerprint density at radius 3 is 2.25 bits per heavy atom. The molecule has 4 nitrogen and oxygen atoms in total. The van der Waals surface area contributed by atoms with Gasteiger partial charge in [0.2, 0.25) is 0 Å². The summed E-state index contributed by atoms with van der Waals surface area (Å²) in [5.41, 5.74) is 0.944. The van der Waals surface area contributed by atoms with Gasteiger partial charge in [-0.3, -0.25) is 4.67 Å². The van der Waals surface area contributed by atoms with Crippen molar-refractivity contribution in [3.63, 3.8) is 0 Å². The molecule has 0 saturated carbocycles. The van der Waals surface area contributed by atoms with Crippen LogP contribution in [0.2, 0.25) is 0 Å². The monoisotopic (exact) mass is 479 g/mol. The highest BCUT2D eigenvalue weighted by Crippen LogP contribution is 2.62. The summed E-state index contributed by atoms with van der Waals surface area (Å²) < 4.78 is 14.5. The molecule has 28 heavy (non-hydrogen) atoms. The van der Waals surface area contributed by atoms with E-state index in [9.17, 15) is 0 Å². The van der Waals surface area contributed by atoms with Crippen LogP contribution in [0.4, 0.5) is 5.69 Å². The lowest BCUT2D eigenvalue weighted by Crippen LogP contribution is -2.43. The molecule has 0 radical (unpaired) electrons. The molecule has 0 bridgehead atoms. The van der Waals surface area contributed by atoms with Gasteiger partial charge in [-0.15, -0.1) is 0 Å². The van der Waals surface area contributed by atoms with Gasteiger partial charge in [0.15, 0.2) is 5.11 Å². The van der Waals surface area contributed by atoms with Crippen molar-refractivity contribution < 1.29 is 4.74 Å². The Kier molecular flexibility index (Phi) is 7.11. The lowest BCUT2D eigenvalue weighted by Gasteiger charge is -2.46. The zero-order valence-electron chi connectivity index (χ0n) is 16.6. The van der Waals surface area contributed by atoms with E-state index in [1.54, 1.807) is 0 Å². The molecule has 1 N–H and O–H groups in total. The maximum atomic E-state index is 5.74. The largest absolute Gasteiger partial charge is 0.379 e. The molecule has 1 heterocycles. The average molecular weight is 480 g/mol. The van der Waals surface area contributed by atoms with Crippen LogP contribution in [0.1, 0.15) is 20.8 Å². The molecule has 2 aromatic rings. The molecule has 0 aromatic heterocycles. The summed E-state index contributed by atoms with van der Waals surface area (Å²) in [6.07, 6.45) is 0. The second-order valence-electron chi connectivity index (χ2n) is 7.71. The number of halogens is 1. The van der Waals surface area contributed by atoms with Crippen LogP contribution in [0.15, 0.2) is 63.8 Å². The van der Waals surface area contributed by atoms with Gasteiger partial charge in [-0.1, -0.05) is 67.0 Å². The highest BCUT2D eigenvalue weighted by Gasteiger charge is 2.41. The fourth-order valence-electron chi connectivity index (χ4n) is 3.54. The summed E-state index contributed by atoms with van der Waals surface area (Å²) in [7, 11) is -2.15. The Hall–Kier alpha value is -1.04. The number of nitrogens with one attached hydrogen (secondary N) is 1. The molecule has 1 aliphatic heterocycles. The number of nitrogens with zero attached hydrogens (tertiary/aromatic N) is 2. The summed E-state index contributed by atoms with van der Waals surface area (Å²) in [6, 6.07) is 18.6. The van der Waals surface area contributed by atoms with E-state index in [1.165, 1.54) is 5.30 Å². The van der Waals surface area contributed by atoms with Crippen molar-refractivity contribution in [1.82, 2.24) is 4.67 Å². The minimum atomic E-state index is -2.15. The summed E-state index contributed by atoms with van der Waals surface area (Å²) >= 11 is 9.21. The number of ether oxygens (including phenoxy) is 1. The number of rotatable bonds is 3. The summed E-state index contributed by atoms with van der Waals surface area (Å²) in [5, 5.41) is 5.03. The van der Waals surface area contributed by atoms with E-state index in [4.69, 9.17) is 21.7 Å². The van der Waals surface area contributed by atoms with Crippen molar-refractivity contribution in [1.29, 1.82) is 0 Å². The molecule has 2 aromatic carbocycles. The minimum Gasteiger partial charge on any atom is -0.379 e. The van der Waals surface area contributed by atoms with Crippen molar-refractivity contribution in [2.45, 2.75) is 25.9 Å². The Morgan fingerprint density at radius 2 is 1.68 bits per heavy atom. The molecule has 1 saturated heterocycles. The topological polar surface area (TPSA) is 36.9 Å². The molecule has 1 atom stereocenters. The van der Waals surface area contributed by atoms with E-state index in [0.717, 1.165) is 36.5 Å². The molecule has 0 aliphatic carbocycles. The van der Waals surface area contributed by atoms with Crippen molar-refractivity contribution in [3.05, 3.63) is 59.1 Å². The Bertz CT molecular complexity index is 859. The fraction of sp³-hybridized carbons (Fsp3) is 0.381. The Balaban J connectivity index is 2.09. The number of thiocarbonyl (C=S) groups is 1. The molecule has 0 unspecified atom stereocenters. The van der Waals surface area contributed by atoms with Crippen molar-refractivity contribution >= 4 is 51.5 Å². The zero-order valence-corrected chi connectivity index (χ0v) is 19.9. The third-order valence-electron chi connectivity index (χ3n) is 4.78. The molecule has 0 spiro atoms. The molecular weight excluding hydrogens is 453 g/mol. The van der Waals surface area contributed by atoms with Gasteiger partial charge in [0, 0.05) is 33.7 Å². The van der Waals surface area contributed by atoms with E-state index >= 15 is 0 Å². The normalized spacial score (nSPS) is 17.6. The standard InChI is InChI=1S/C21H27BrN3OPS/c1-21(2,3)27(19-7-5-4-6-8-19,25-13-15-26-16-14-25)24-20(28)23-18-11-9-17(22)10-12-18/h4-12H,13-16H2,1-3H3,(H,23,28)/t27-/m1/s1. The first-order valence-corrected chi connectivity index (χ1v) is 12.3.